The van der Waals surface area contributed by atoms with Gasteiger partial charge in [-0.05, 0) is 18.6 Å². The number of hydrogen-bond acceptors (Lipinski definition) is 11. The number of hydrogen-bond donors (Lipinski definition) is 1. The normalized spacial score (nSPS) is 14.6. The molecule has 1 fully saturated rings. The number of nitro groups is 2. The molecule has 1 aliphatic heterocycles. The number of non-ortho nitro benzene ring substituents is 1. The van der Waals surface area contributed by atoms with Gasteiger partial charge in [0.1, 0.15) is 5.82 Å². The van der Waals surface area contributed by atoms with Crippen LogP contribution < -0.4 is 9.62 Å². The number of nitrogens with one attached hydrogen (secondary N) is 1. The smallest absolute Gasteiger partial charge is 0.296 e. The zero-order valence-corrected chi connectivity index (χ0v) is 21.6. The predicted molar refractivity (Wildman–Crippen MR) is 137 cm³/mol. The molecule has 1 N–H and O–H groups in total. The van der Waals surface area contributed by atoms with Crippen molar-refractivity contribution in [3.05, 3.63) is 79.6 Å². The summed E-state index contributed by atoms with van der Waals surface area (Å²) in [5.74, 6) is 0.779. The lowest BCUT2D eigenvalue weighted by molar-refractivity contribution is -0.396. The summed E-state index contributed by atoms with van der Waals surface area (Å²) in [6, 6.07) is 10.7. The molecular formula is C22H25N7O6S2. The third-order valence-corrected chi connectivity index (χ3v) is 8.27. The maximum absolute atomic E-state index is 12.6. The van der Waals surface area contributed by atoms with Gasteiger partial charge < -0.3 is 4.90 Å². The maximum Gasteiger partial charge on any atom is 0.296 e. The van der Waals surface area contributed by atoms with Crippen molar-refractivity contribution in [2.24, 2.45) is 0 Å². The molecule has 1 saturated heterocycles. The minimum absolute atomic E-state index is 0.0377. The molecule has 0 unspecified atom stereocenters. The van der Waals surface area contributed by atoms with Gasteiger partial charge in [0.2, 0.25) is 15.2 Å². The Morgan fingerprint density at radius 2 is 1.73 bits per heavy atom. The molecule has 1 aromatic heterocycles. The average Bonchev–Trinajstić information content (AvgIpc) is 3.33. The van der Waals surface area contributed by atoms with E-state index in [0.29, 0.717) is 45.2 Å². The number of benzene rings is 2. The molecule has 13 nitrogen and oxygen atoms in total. The van der Waals surface area contributed by atoms with Gasteiger partial charge in [-0.3, -0.25) is 25.1 Å². The number of piperazine rings is 1. The molecule has 0 atom stereocenters. The molecular weight excluding hydrogens is 522 g/mol. The van der Waals surface area contributed by atoms with Crippen molar-refractivity contribution >= 4 is 38.1 Å². The molecule has 0 bridgehead atoms. The van der Waals surface area contributed by atoms with Crippen molar-refractivity contribution in [2.75, 3.05) is 44.2 Å². The van der Waals surface area contributed by atoms with E-state index in [4.69, 9.17) is 0 Å². The van der Waals surface area contributed by atoms with Gasteiger partial charge >= 0.3 is 0 Å². The number of anilines is 1. The van der Waals surface area contributed by atoms with Crippen LogP contribution in [0.3, 0.4) is 0 Å². The molecule has 0 radical (unpaired) electrons. The van der Waals surface area contributed by atoms with Crippen LogP contribution in [0.2, 0.25) is 0 Å². The third kappa shape index (κ3) is 6.62. The van der Waals surface area contributed by atoms with Crippen molar-refractivity contribution in [3.63, 3.8) is 0 Å². The number of sulfonamides is 1. The largest absolute Gasteiger partial charge is 0.344 e. The third-order valence-electron chi connectivity index (χ3n) is 5.94. The molecule has 0 spiro atoms. The molecule has 0 aliphatic carbocycles. The summed E-state index contributed by atoms with van der Waals surface area (Å²) in [6.45, 7) is 5.28. The second kappa shape index (κ2) is 11.2. The Kier molecular flexibility index (Phi) is 8.06. The highest BCUT2D eigenvalue weighted by atomic mass is 32.2. The Hall–Kier alpha value is -3.53. The van der Waals surface area contributed by atoms with E-state index in [2.05, 4.69) is 48.1 Å². The fraction of sp³-hybridized carbons (Fsp3) is 0.364. The maximum atomic E-state index is 12.6. The molecule has 37 heavy (non-hydrogen) atoms. The van der Waals surface area contributed by atoms with Crippen LogP contribution in [-0.4, -0.2) is 71.8 Å². The summed E-state index contributed by atoms with van der Waals surface area (Å²) in [4.78, 5) is 28.7. The summed E-state index contributed by atoms with van der Waals surface area (Å²) >= 11 is 1.36. The molecule has 2 aromatic carbocycles. The van der Waals surface area contributed by atoms with E-state index >= 15 is 0 Å². The molecule has 0 amide bonds. The monoisotopic (exact) mass is 547 g/mol. The highest BCUT2D eigenvalue weighted by Gasteiger charge is 2.28. The first-order chi connectivity index (χ1) is 17.6. The highest BCUT2D eigenvalue weighted by Crippen LogP contribution is 2.28. The Morgan fingerprint density at radius 1 is 1.03 bits per heavy atom. The summed E-state index contributed by atoms with van der Waals surface area (Å²) in [7, 11) is -4.23. The summed E-state index contributed by atoms with van der Waals surface area (Å²) < 4.78 is 32.1. The molecule has 196 valence electrons. The van der Waals surface area contributed by atoms with Crippen molar-refractivity contribution in [1.82, 2.24) is 19.0 Å². The molecule has 0 saturated carbocycles. The molecule has 4 rings (SSSR count). The summed E-state index contributed by atoms with van der Waals surface area (Å²) in [6.07, 6.45) is 0.670. The van der Waals surface area contributed by atoms with Crippen LogP contribution >= 0.6 is 11.5 Å². The van der Waals surface area contributed by atoms with Gasteiger partial charge in [-0.15, -0.1) is 0 Å². The number of aromatic nitrogens is 2. The Balaban J connectivity index is 1.28. The van der Waals surface area contributed by atoms with E-state index < -0.39 is 36.1 Å². The SMILES string of the molecule is Cc1ccc(Cc2nsc(N3CCN(CCNS(=O)(=O)c4ccc([N+](=O)[O-])cc4[N+](=O)[O-])CC3)n2)cc1. The first kappa shape index (κ1) is 26.5. The zero-order valence-electron chi connectivity index (χ0n) is 19.9. The summed E-state index contributed by atoms with van der Waals surface area (Å²) in [5.41, 5.74) is 0.964. The number of rotatable bonds is 10. The van der Waals surface area contributed by atoms with Gasteiger partial charge in [-0.2, -0.15) is 4.37 Å². The summed E-state index contributed by atoms with van der Waals surface area (Å²) in [5, 5.41) is 23.0. The van der Waals surface area contributed by atoms with Crippen LogP contribution in [0.15, 0.2) is 47.4 Å². The number of aryl methyl sites for hydroxylation is 1. The number of nitrogens with zero attached hydrogens (tertiary/aromatic N) is 6. The Labute approximate surface area is 217 Å². The van der Waals surface area contributed by atoms with E-state index in [1.807, 2.05) is 6.92 Å². The van der Waals surface area contributed by atoms with Gasteiger partial charge in [-0.1, -0.05) is 29.8 Å². The van der Waals surface area contributed by atoms with E-state index in [1.54, 1.807) is 0 Å². The van der Waals surface area contributed by atoms with Crippen LogP contribution in [0.25, 0.3) is 0 Å². The van der Waals surface area contributed by atoms with Gasteiger partial charge in [0, 0.05) is 63.3 Å². The lowest BCUT2D eigenvalue weighted by atomic mass is 10.1. The lowest BCUT2D eigenvalue weighted by Crippen LogP contribution is -2.48. The van der Waals surface area contributed by atoms with Crippen molar-refractivity contribution in [1.29, 1.82) is 0 Å². The van der Waals surface area contributed by atoms with Gasteiger partial charge in [-0.25, -0.2) is 18.1 Å². The first-order valence-corrected chi connectivity index (χ1v) is 13.7. The van der Waals surface area contributed by atoms with Crippen molar-refractivity contribution in [3.8, 4) is 0 Å². The minimum Gasteiger partial charge on any atom is -0.344 e. The fourth-order valence-electron chi connectivity index (χ4n) is 3.90. The predicted octanol–water partition coefficient (Wildman–Crippen LogP) is 2.35. The molecule has 1 aliphatic rings. The zero-order chi connectivity index (χ0) is 26.6. The van der Waals surface area contributed by atoms with Gasteiger partial charge in [0.15, 0.2) is 4.90 Å². The first-order valence-electron chi connectivity index (χ1n) is 11.4. The Morgan fingerprint density at radius 3 is 2.38 bits per heavy atom. The standard InChI is InChI=1S/C22H25N7O6S2/c1-16-2-4-17(5-3-16)14-21-24-22(36-25-21)27-12-10-26(11-13-27)9-8-23-37(34,35)20-7-6-18(28(30)31)15-19(20)29(32)33/h2-7,15,23H,8-14H2,1H3. The van der Waals surface area contributed by atoms with Crippen LogP contribution in [0.4, 0.5) is 16.5 Å². The van der Waals surface area contributed by atoms with Crippen LogP contribution in [0.5, 0.6) is 0 Å². The average molecular weight is 548 g/mol. The van der Waals surface area contributed by atoms with E-state index in [9.17, 15) is 28.6 Å². The quantitative estimate of drug-likeness (QED) is 0.294. The van der Waals surface area contributed by atoms with E-state index in [1.165, 1.54) is 17.1 Å². The van der Waals surface area contributed by atoms with Crippen LogP contribution in [0, 0.1) is 27.2 Å². The van der Waals surface area contributed by atoms with Crippen molar-refractivity contribution < 1.29 is 18.3 Å². The van der Waals surface area contributed by atoms with E-state index in [0.717, 1.165) is 28.7 Å². The van der Waals surface area contributed by atoms with Gasteiger partial charge in [0.25, 0.3) is 11.4 Å². The van der Waals surface area contributed by atoms with Crippen molar-refractivity contribution in [2.45, 2.75) is 18.2 Å². The van der Waals surface area contributed by atoms with Crippen LogP contribution in [0.1, 0.15) is 17.0 Å². The van der Waals surface area contributed by atoms with E-state index in [-0.39, 0.29) is 6.54 Å². The second-order valence-corrected chi connectivity index (χ2v) is 11.0. The second-order valence-electron chi connectivity index (χ2n) is 8.55. The molecule has 2 heterocycles. The molecule has 3 aromatic rings. The van der Waals surface area contributed by atoms with Crippen LogP contribution in [-0.2, 0) is 16.4 Å². The topological polar surface area (TPSA) is 165 Å². The minimum atomic E-state index is -4.23. The lowest BCUT2D eigenvalue weighted by Gasteiger charge is -2.34. The molecule has 15 heteroatoms. The number of nitro benzene ring substituents is 2. The fourth-order valence-corrected chi connectivity index (χ4v) is 5.81. The Bertz CT molecular complexity index is 1390. The highest BCUT2D eigenvalue weighted by molar-refractivity contribution is 7.89. The van der Waals surface area contributed by atoms with Gasteiger partial charge in [0.05, 0.1) is 15.9 Å².